The molecule has 0 atom stereocenters. The third-order valence-corrected chi connectivity index (χ3v) is 5.33. The molecule has 3 aromatic rings. The SMILES string of the molecule is CCCn1c(=O)n(CCC(=O)N2CCCc3ccccc32)c2ccccc21. The van der Waals surface area contributed by atoms with Crippen molar-refractivity contribution >= 4 is 22.6 Å². The molecule has 0 spiro atoms. The molecule has 5 heteroatoms. The fraction of sp³-hybridized carbons (Fsp3) is 0.364. The van der Waals surface area contributed by atoms with Gasteiger partial charge in [0.2, 0.25) is 5.91 Å². The Balaban J connectivity index is 1.59. The van der Waals surface area contributed by atoms with Gasteiger partial charge in [0.15, 0.2) is 0 Å². The van der Waals surface area contributed by atoms with E-state index in [-0.39, 0.29) is 11.6 Å². The van der Waals surface area contributed by atoms with Crippen LogP contribution in [0.4, 0.5) is 5.69 Å². The minimum Gasteiger partial charge on any atom is -0.312 e. The minimum absolute atomic E-state index is 0.0232. The molecule has 5 nitrogen and oxygen atoms in total. The third-order valence-electron chi connectivity index (χ3n) is 5.33. The van der Waals surface area contributed by atoms with Crippen molar-refractivity contribution in [3.8, 4) is 0 Å². The number of carbonyl (C=O) groups is 1. The van der Waals surface area contributed by atoms with Crippen LogP contribution in [0.15, 0.2) is 53.3 Å². The van der Waals surface area contributed by atoms with E-state index >= 15 is 0 Å². The van der Waals surface area contributed by atoms with E-state index in [9.17, 15) is 9.59 Å². The zero-order valence-corrected chi connectivity index (χ0v) is 15.7. The summed E-state index contributed by atoms with van der Waals surface area (Å²) in [5.41, 5.74) is 4.08. The molecule has 2 heterocycles. The molecule has 0 bridgehead atoms. The number of hydrogen-bond donors (Lipinski definition) is 0. The molecule has 0 unspecified atom stereocenters. The average Bonchev–Trinajstić information content (AvgIpc) is 2.97. The highest BCUT2D eigenvalue weighted by Gasteiger charge is 2.22. The summed E-state index contributed by atoms with van der Waals surface area (Å²) in [5.74, 6) is 0.0846. The molecule has 1 aliphatic rings. The number of nitrogens with zero attached hydrogens (tertiary/aromatic N) is 3. The number of carbonyl (C=O) groups excluding carboxylic acids is 1. The second-order valence-corrected chi connectivity index (χ2v) is 7.10. The van der Waals surface area contributed by atoms with Crippen LogP contribution in [0.3, 0.4) is 0 Å². The van der Waals surface area contributed by atoms with Crippen molar-refractivity contribution in [2.24, 2.45) is 0 Å². The summed E-state index contributed by atoms with van der Waals surface area (Å²) in [6.07, 6.45) is 3.23. The molecule has 1 amide bonds. The van der Waals surface area contributed by atoms with Crippen LogP contribution < -0.4 is 10.6 Å². The first-order valence-electron chi connectivity index (χ1n) is 9.77. The van der Waals surface area contributed by atoms with Crippen LogP contribution in [0, 0.1) is 0 Å². The zero-order valence-electron chi connectivity index (χ0n) is 15.7. The third kappa shape index (κ3) is 3.18. The van der Waals surface area contributed by atoms with Crippen LogP contribution in [-0.2, 0) is 24.3 Å². The second kappa shape index (κ2) is 7.43. The summed E-state index contributed by atoms with van der Waals surface area (Å²) in [6, 6.07) is 16.0. The molecule has 0 saturated heterocycles. The highest BCUT2D eigenvalue weighted by molar-refractivity contribution is 5.94. The monoisotopic (exact) mass is 363 g/mol. The Hall–Kier alpha value is -2.82. The van der Waals surface area contributed by atoms with Crippen molar-refractivity contribution in [1.29, 1.82) is 0 Å². The zero-order chi connectivity index (χ0) is 18.8. The highest BCUT2D eigenvalue weighted by Crippen LogP contribution is 2.27. The number of rotatable bonds is 5. The van der Waals surface area contributed by atoms with Gasteiger partial charge in [0.05, 0.1) is 11.0 Å². The number of anilines is 1. The summed E-state index contributed by atoms with van der Waals surface area (Å²) in [5, 5.41) is 0. The van der Waals surface area contributed by atoms with Crippen LogP contribution in [0.5, 0.6) is 0 Å². The van der Waals surface area contributed by atoms with Gasteiger partial charge in [-0.25, -0.2) is 4.79 Å². The second-order valence-electron chi connectivity index (χ2n) is 7.10. The van der Waals surface area contributed by atoms with Gasteiger partial charge in [0.25, 0.3) is 0 Å². The Morgan fingerprint density at radius 1 is 0.963 bits per heavy atom. The molecule has 0 saturated carbocycles. The first kappa shape index (κ1) is 17.6. The summed E-state index contributed by atoms with van der Waals surface area (Å²) in [6.45, 7) is 3.92. The van der Waals surface area contributed by atoms with Gasteiger partial charge in [0, 0.05) is 31.7 Å². The summed E-state index contributed by atoms with van der Waals surface area (Å²) in [4.78, 5) is 27.7. The topological polar surface area (TPSA) is 47.2 Å². The number of hydrogen-bond acceptors (Lipinski definition) is 2. The first-order valence-corrected chi connectivity index (χ1v) is 9.77. The number of benzene rings is 2. The molecule has 27 heavy (non-hydrogen) atoms. The van der Waals surface area contributed by atoms with Gasteiger partial charge >= 0.3 is 5.69 Å². The van der Waals surface area contributed by atoms with Crippen molar-refractivity contribution in [3.63, 3.8) is 0 Å². The van der Waals surface area contributed by atoms with Gasteiger partial charge in [-0.15, -0.1) is 0 Å². The van der Waals surface area contributed by atoms with Crippen LogP contribution in [0.2, 0.25) is 0 Å². The molecule has 0 radical (unpaired) electrons. The van der Waals surface area contributed by atoms with Gasteiger partial charge in [-0.3, -0.25) is 13.9 Å². The van der Waals surface area contributed by atoms with Crippen LogP contribution >= 0.6 is 0 Å². The number of imidazole rings is 1. The van der Waals surface area contributed by atoms with Crippen LogP contribution in [-0.4, -0.2) is 21.6 Å². The molecule has 1 aromatic heterocycles. The van der Waals surface area contributed by atoms with E-state index in [0.29, 0.717) is 19.5 Å². The highest BCUT2D eigenvalue weighted by atomic mass is 16.2. The van der Waals surface area contributed by atoms with Crippen LogP contribution in [0.1, 0.15) is 31.7 Å². The predicted octanol–water partition coefficient (Wildman–Crippen LogP) is 3.58. The predicted molar refractivity (Wildman–Crippen MR) is 108 cm³/mol. The van der Waals surface area contributed by atoms with Crippen molar-refractivity contribution in [2.45, 2.75) is 45.7 Å². The lowest BCUT2D eigenvalue weighted by Crippen LogP contribution is -2.36. The maximum atomic E-state index is 12.9. The maximum Gasteiger partial charge on any atom is 0.329 e. The van der Waals surface area contributed by atoms with E-state index in [1.807, 2.05) is 51.9 Å². The first-order chi connectivity index (χ1) is 13.2. The molecular formula is C22H25N3O2. The van der Waals surface area contributed by atoms with Crippen molar-refractivity contribution in [3.05, 3.63) is 64.6 Å². The van der Waals surface area contributed by atoms with Crippen molar-refractivity contribution in [2.75, 3.05) is 11.4 Å². The molecule has 140 valence electrons. The van der Waals surface area contributed by atoms with Gasteiger partial charge in [0.1, 0.15) is 0 Å². The van der Waals surface area contributed by atoms with Crippen molar-refractivity contribution < 1.29 is 4.79 Å². The van der Waals surface area contributed by atoms with Gasteiger partial charge in [-0.1, -0.05) is 37.3 Å². The van der Waals surface area contributed by atoms with E-state index in [1.165, 1.54) is 5.56 Å². The number of aromatic nitrogens is 2. The Bertz CT molecular complexity index is 1030. The molecule has 1 aliphatic heterocycles. The number of para-hydroxylation sites is 3. The van der Waals surface area contributed by atoms with Crippen molar-refractivity contribution in [1.82, 2.24) is 9.13 Å². The summed E-state index contributed by atoms with van der Waals surface area (Å²) < 4.78 is 3.56. The smallest absolute Gasteiger partial charge is 0.312 e. The maximum absolute atomic E-state index is 12.9. The Morgan fingerprint density at radius 3 is 2.37 bits per heavy atom. The average molecular weight is 363 g/mol. The van der Waals surface area contributed by atoms with E-state index in [0.717, 1.165) is 42.5 Å². The molecule has 4 rings (SSSR count). The fourth-order valence-electron chi connectivity index (χ4n) is 4.06. The summed E-state index contributed by atoms with van der Waals surface area (Å²) >= 11 is 0. The van der Waals surface area contributed by atoms with E-state index in [2.05, 4.69) is 13.0 Å². The molecule has 0 aliphatic carbocycles. The lowest BCUT2D eigenvalue weighted by Gasteiger charge is -2.29. The summed E-state index contributed by atoms with van der Waals surface area (Å²) in [7, 11) is 0. The largest absolute Gasteiger partial charge is 0.329 e. The number of amides is 1. The molecular weight excluding hydrogens is 338 g/mol. The Labute approximate surface area is 158 Å². The number of aryl methyl sites for hydroxylation is 3. The molecule has 0 fully saturated rings. The Morgan fingerprint density at radius 2 is 1.63 bits per heavy atom. The van der Waals surface area contributed by atoms with E-state index in [4.69, 9.17) is 0 Å². The van der Waals surface area contributed by atoms with E-state index < -0.39 is 0 Å². The van der Waals surface area contributed by atoms with Crippen LogP contribution in [0.25, 0.3) is 11.0 Å². The lowest BCUT2D eigenvalue weighted by atomic mass is 10.0. The number of fused-ring (bicyclic) bond motifs is 2. The normalized spacial score (nSPS) is 13.7. The minimum atomic E-state index is -0.0232. The fourth-order valence-corrected chi connectivity index (χ4v) is 4.06. The van der Waals surface area contributed by atoms with E-state index in [1.54, 1.807) is 4.57 Å². The molecule has 2 aromatic carbocycles. The van der Waals surface area contributed by atoms with Gasteiger partial charge in [-0.2, -0.15) is 0 Å². The quantitative estimate of drug-likeness (QED) is 0.696. The standard InChI is InChI=1S/C22H25N3O2/c1-2-14-24-19-11-5-6-12-20(19)25(22(24)27)16-13-21(26)23-15-7-9-17-8-3-4-10-18(17)23/h3-6,8,10-12H,2,7,9,13-16H2,1H3. The Kier molecular flexibility index (Phi) is 4.84. The van der Waals surface area contributed by atoms with Gasteiger partial charge in [-0.05, 0) is 43.0 Å². The van der Waals surface area contributed by atoms with Gasteiger partial charge < -0.3 is 4.90 Å². The lowest BCUT2D eigenvalue weighted by molar-refractivity contribution is -0.118. The molecule has 0 N–H and O–H groups in total.